The summed E-state index contributed by atoms with van der Waals surface area (Å²) in [7, 11) is -3.72. The van der Waals surface area contributed by atoms with Gasteiger partial charge in [0.2, 0.25) is 21.8 Å². The van der Waals surface area contributed by atoms with Crippen LogP contribution in [0, 0.1) is 6.92 Å². The van der Waals surface area contributed by atoms with E-state index >= 15 is 0 Å². The van der Waals surface area contributed by atoms with Crippen molar-refractivity contribution < 1.29 is 18.0 Å². The van der Waals surface area contributed by atoms with Crippen LogP contribution in [0.15, 0.2) is 23.1 Å². The van der Waals surface area contributed by atoms with Crippen LogP contribution in [0.3, 0.4) is 0 Å². The maximum atomic E-state index is 12.9. The highest BCUT2D eigenvalue weighted by Crippen LogP contribution is 2.36. The molecule has 1 aliphatic heterocycles. The number of benzene rings is 1. The molecular formula is C21H28N4O4S. The number of hydrogen-bond acceptors (Lipinski definition) is 5. The Balaban J connectivity index is 2.19. The molecule has 0 unspecified atom stereocenters. The Labute approximate surface area is 177 Å². The van der Waals surface area contributed by atoms with E-state index in [9.17, 15) is 18.0 Å². The summed E-state index contributed by atoms with van der Waals surface area (Å²) in [4.78, 5) is 24.8. The molecule has 1 aromatic carbocycles. The van der Waals surface area contributed by atoms with Gasteiger partial charge in [0.15, 0.2) is 0 Å². The molecule has 1 aromatic heterocycles. The van der Waals surface area contributed by atoms with E-state index in [-0.39, 0.29) is 35.6 Å². The summed E-state index contributed by atoms with van der Waals surface area (Å²) >= 11 is 0. The Kier molecular flexibility index (Phi) is 6.42. The predicted octanol–water partition coefficient (Wildman–Crippen LogP) is 3.26. The molecule has 3 rings (SSSR count). The van der Waals surface area contributed by atoms with Crippen molar-refractivity contribution in [1.29, 1.82) is 0 Å². The first-order valence-corrected chi connectivity index (χ1v) is 11.7. The molecule has 30 heavy (non-hydrogen) atoms. The highest BCUT2D eigenvalue weighted by molar-refractivity contribution is 7.89. The van der Waals surface area contributed by atoms with Crippen molar-refractivity contribution in [3.05, 3.63) is 29.5 Å². The number of nitrogens with one attached hydrogen (secondary N) is 2. The molecule has 162 valence electrons. The predicted molar refractivity (Wildman–Crippen MR) is 115 cm³/mol. The number of amides is 1. The van der Waals surface area contributed by atoms with Crippen molar-refractivity contribution >= 4 is 27.7 Å². The lowest BCUT2D eigenvalue weighted by molar-refractivity contribution is -0.116. The zero-order valence-corrected chi connectivity index (χ0v) is 18.6. The number of sulfonamides is 1. The average molecular weight is 433 g/mol. The summed E-state index contributed by atoms with van der Waals surface area (Å²) in [6.45, 7) is 7.46. The molecule has 0 saturated carbocycles. The third kappa shape index (κ3) is 4.32. The lowest BCUT2D eigenvalue weighted by atomic mass is 10.0. The highest BCUT2D eigenvalue weighted by atomic mass is 32.2. The summed E-state index contributed by atoms with van der Waals surface area (Å²) < 4.78 is 29.8. The van der Waals surface area contributed by atoms with Crippen LogP contribution in [0.1, 0.15) is 62.5 Å². The van der Waals surface area contributed by atoms with E-state index in [2.05, 4.69) is 15.1 Å². The van der Waals surface area contributed by atoms with E-state index in [1.165, 1.54) is 4.68 Å². The Morgan fingerprint density at radius 1 is 1.23 bits per heavy atom. The number of aryl methyl sites for hydroxylation is 2. The van der Waals surface area contributed by atoms with Gasteiger partial charge < -0.3 is 5.32 Å². The third-order valence-corrected chi connectivity index (χ3v) is 6.97. The Morgan fingerprint density at radius 3 is 2.63 bits per heavy atom. The largest absolute Gasteiger partial charge is 0.310 e. The summed E-state index contributed by atoms with van der Waals surface area (Å²) in [6, 6.07) is 4.94. The van der Waals surface area contributed by atoms with Gasteiger partial charge >= 0.3 is 0 Å². The molecule has 0 fully saturated rings. The van der Waals surface area contributed by atoms with Crippen LogP contribution in [0.25, 0.3) is 11.1 Å². The topological polar surface area (TPSA) is 110 Å². The third-order valence-electron chi connectivity index (χ3n) is 5.24. The summed E-state index contributed by atoms with van der Waals surface area (Å²) in [5, 5.41) is 7.24. The lowest BCUT2D eigenvalue weighted by Crippen LogP contribution is -2.32. The molecule has 9 heteroatoms. The van der Waals surface area contributed by atoms with Gasteiger partial charge in [-0.1, -0.05) is 32.4 Å². The number of carbonyl (C=O) groups excluding carboxylic acids is 2. The van der Waals surface area contributed by atoms with E-state index in [4.69, 9.17) is 0 Å². The van der Waals surface area contributed by atoms with Gasteiger partial charge in [-0.25, -0.2) is 13.1 Å². The quantitative estimate of drug-likeness (QED) is 0.698. The first-order valence-electron chi connectivity index (χ1n) is 10.3. The van der Waals surface area contributed by atoms with Gasteiger partial charge in [-0.3, -0.25) is 9.59 Å². The van der Waals surface area contributed by atoms with Gasteiger partial charge in [0.1, 0.15) is 5.82 Å². The van der Waals surface area contributed by atoms with E-state index in [1.807, 2.05) is 20.8 Å². The number of nitrogens with zero attached hydrogens (tertiary/aromatic N) is 2. The number of anilines is 1. The number of rotatable bonds is 7. The zero-order chi connectivity index (χ0) is 22.1. The SMILES string of the molecule is CCCc1nn2c(c1-c1ccc(C)c(S(=O)(=O)N[C@H](C)CC)c1)NC(=O)CCC2=O. The van der Waals surface area contributed by atoms with Crippen molar-refractivity contribution in [2.24, 2.45) is 0 Å². The van der Waals surface area contributed by atoms with Crippen LogP contribution < -0.4 is 10.0 Å². The first kappa shape index (κ1) is 22.2. The molecule has 0 aliphatic carbocycles. The van der Waals surface area contributed by atoms with Crippen LogP contribution in [0.4, 0.5) is 5.82 Å². The number of hydrogen-bond donors (Lipinski definition) is 2. The fourth-order valence-corrected chi connectivity index (χ4v) is 5.05. The Morgan fingerprint density at radius 2 is 1.97 bits per heavy atom. The minimum absolute atomic E-state index is 0.0812. The molecule has 0 radical (unpaired) electrons. The molecule has 0 spiro atoms. The van der Waals surface area contributed by atoms with Crippen LogP contribution in [0.5, 0.6) is 0 Å². The van der Waals surface area contributed by atoms with Gasteiger partial charge in [-0.15, -0.1) is 0 Å². The van der Waals surface area contributed by atoms with Crippen molar-refractivity contribution in [1.82, 2.24) is 14.5 Å². The highest BCUT2D eigenvalue weighted by Gasteiger charge is 2.28. The monoisotopic (exact) mass is 432 g/mol. The van der Waals surface area contributed by atoms with Crippen molar-refractivity contribution in [3.8, 4) is 11.1 Å². The molecule has 0 bridgehead atoms. The lowest BCUT2D eigenvalue weighted by Gasteiger charge is -2.15. The minimum atomic E-state index is -3.72. The van der Waals surface area contributed by atoms with Crippen LogP contribution in [0.2, 0.25) is 0 Å². The second kappa shape index (κ2) is 8.69. The molecule has 1 amide bonds. The van der Waals surface area contributed by atoms with Gasteiger partial charge in [0, 0.05) is 24.4 Å². The normalized spacial score (nSPS) is 15.5. The molecule has 8 nitrogen and oxygen atoms in total. The van der Waals surface area contributed by atoms with E-state index < -0.39 is 10.0 Å². The van der Waals surface area contributed by atoms with Gasteiger partial charge in [0.05, 0.1) is 10.6 Å². The summed E-state index contributed by atoms with van der Waals surface area (Å²) in [5.74, 6) is -0.205. The standard InChI is InChI=1S/C21H28N4O4S/c1-5-7-16-20(21-22-18(26)10-11-19(27)25(21)23-16)15-9-8-13(3)17(12-15)30(28,29)24-14(4)6-2/h8-9,12,14,24H,5-7,10-11H2,1-4H3,(H,22,26)/t14-/m1/s1. The molecule has 2 aromatic rings. The smallest absolute Gasteiger partial charge is 0.249 e. The van der Waals surface area contributed by atoms with Crippen LogP contribution in [-0.2, 0) is 21.2 Å². The first-order chi connectivity index (χ1) is 14.2. The van der Waals surface area contributed by atoms with Crippen molar-refractivity contribution in [2.45, 2.75) is 70.7 Å². The summed E-state index contributed by atoms with van der Waals surface area (Å²) in [5.41, 5.74) is 2.47. The molecule has 2 N–H and O–H groups in total. The number of fused-ring (bicyclic) bond motifs is 1. The van der Waals surface area contributed by atoms with E-state index in [0.29, 0.717) is 41.0 Å². The van der Waals surface area contributed by atoms with Crippen LogP contribution in [-0.4, -0.2) is 36.1 Å². The minimum Gasteiger partial charge on any atom is -0.310 e. The fourth-order valence-electron chi connectivity index (χ4n) is 3.45. The molecule has 0 saturated heterocycles. The summed E-state index contributed by atoms with van der Waals surface area (Å²) in [6.07, 6.45) is 2.23. The number of carbonyl (C=O) groups is 2. The molecular weight excluding hydrogens is 404 g/mol. The van der Waals surface area contributed by atoms with E-state index in [0.717, 1.165) is 6.42 Å². The second-order valence-corrected chi connectivity index (χ2v) is 9.37. The van der Waals surface area contributed by atoms with Crippen LogP contribution >= 0.6 is 0 Å². The molecule has 1 atom stereocenters. The van der Waals surface area contributed by atoms with Gasteiger partial charge in [0.25, 0.3) is 0 Å². The zero-order valence-electron chi connectivity index (χ0n) is 17.8. The maximum absolute atomic E-state index is 12.9. The van der Waals surface area contributed by atoms with Gasteiger partial charge in [-0.2, -0.15) is 9.78 Å². The fraction of sp³-hybridized carbons (Fsp3) is 0.476. The Hall–Kier alpha value is -2.52. The maximum Gasteiger partial charge on any atom is 0.249 e. The van der Waals surface area contributed by atoms with E-state index in [1.54, 1.807) is 25.1 Å². The number of aromatic nitrogens is 2. The van der Waals surface area contributed by atoms with Crippen molar-refractivity contribution in [2.75, 3.05) is 5.32 Å². The average Bonchev–Trinajstić information content (AvgIpc) is 2.97. The Bertz CT molecular complexity index is 1090. The molecule has 2 heterocycles. The molecule has 1 aliphatic rings. The van der Waals surface area contributed by atoms with Gasteiger partial charge in [-0.05, 0) is 43.9 Å². The second-order valence-electron chi connectivity index (χ2n) is 7.68. The van der Waals surface area contributed by atoms with Crippen molar-refractivity contribution in [3.63, 3.8) is 0 Å².